The Morgan fingerprint density at radius 1 is 0.762 bits per heavy atom. The van der Waals surface area contributed by atoms with E-state index in [9.17, 15) is 15.0 Å². The van der Waals surface area contributed by atoms with E-state index in [0.717, 1.165) is 0 Å². The molecule has 21 heavy (non-hydrogen) atoms. The van der Waals surface area contributed by atoms with Crippen LogP contribution in [0.4, 0.5) is 0 Å². The molecule has 2 rings (SSSR count). The standard InChI is InChI=1S/C17H14O3.Na/c18-15(11-9-13-5-1-3-7-16(13)19)12-10-14-6-2-4-8-17(14)20;/h1-12,19-20H;/q;+1/b11-9+,12-10+;. The van der Waals surface area contributed by atoms with Crippen molar-refractivity contribution in [1.82, 2.24) is 0 Å². The molecule has 0 saturated heterocycles. The van der Waals surface area contributed by atoms with Gasteiger partial charge in [0.05, 0.1) is 0 Å². The maximum Gasteiger partial charge on any atom is 1.00 e. The Labute approximate surface area is 145 Å². The Bertz CT molecular complexity index is 618. The molecule has 4 heteroatoms. The smallest absolute Gasteiger partial charge is 0.507 e. The summed E-state index contributed by atoms with van der Waals surface area (Å²) in [6.07, 6.45) is 5.83. The van der Waals surface area contributed by atoms with E-state index < -0.39 is 0 Å². The summed E-state index contributed by atoms with van der Waals surface area (Å²) < 4.78 is 0. The predicted octanol–water partition coefficient (Wildman–Crippen LogP) is 0.398. The molecule has 0 aromatic heterocycles. The first-order valence-electron chi connectivity index (χ1n) is 6.13. The van der Waals surface area contributed by atoms with E-state index >= 15 is 0 Å². The summed E-state index contributed by atoms with van der Waals surface area (Å²) in [5.74, 6) is 0.0268. The monoisotopic (exact) mass is 289 g/mol. The van der Waals surface area contributed by atoms with Crippen LogP contribution >= 0.6 is 0 Å². The van der Waals surface area contributed by atoms with Gasteiger partial charge < -0.3 is 10.2 Å². The summed E-state index contributed by atoms with van der Waals surface area (Å²) in [6.45, 7) is 0. The number of carbonyl (C=O) groups excluding carboxylic acids is 1. The number of hydrogen-bond donors (Lipinski definition) is 2. The van der Waals surface area contributed by atoms with Crippen molar-refractivity contribution in [2.45, 2.75) is 0 Å². The minimum atomic E-state index is -0.225. The molecule has 100 valence electrons. The van der Waals surface area contributed by atoms with Crippen LogP contribution in [0.25, 0.3) is 12.2 Å². The van der Waals surface area contributed by atoms with Crippen molar-refractivity contribution in [3.8, 4) is 11.5 Å². The number of ketones is 1. The van der Waals surface area contributed by atoms with Crippen LogP contribution in [0.15, 0.2) is 60.7 Å². The molecule has 0 aliphatic rings. The van der Waals surface area contributed by atoms with Crippen molar-refractivity contribution in [3.05, 3.63) is 71.8 Å². The maximum absolute atomic E-state index is 11.7. The van der Waals surface area contributed by atoms with Crippen LogP contribution in [0.3, 0.4) is 0 Å². The number of para-hydroxylation sites is 2. The third-order valence-electron chi connectivity index (χ3n) is 2.73. The summed E-state index contributed by atoms with van der Waals surface area (Å²) >= 11 is 0. The van der Waals surface area contributed by atoms with Crippen molar-refractivity contribution in [2.24, 2.45) is 0 Å². The molecule has 3 nitrogen and oxygen atoms in total. The summed E-state index contributed by atoms with van der Waals surface area (Å²) in [4.78, 5) is 11.7. The van der Waals surface area contributed by atoms with Gasteiger partial charge in [-0.3, -0.25) is 4.79 Å². The Morgan fingerprint density at radius 2 is 1.14 bits per heavy atom. The second-order valence-electron chi connectivity index (χ2n) is 4.19. The van der Waals surface area contributed by atoms with Gasteiger partial charge in [0, 0.05) is 11.1 Å². The van der Waals surface area contributed by atoms with Gasteiger partial charge in [0.1, 0.15) is 11.5 Å². The van der Waals surface area contributed by atoms with Crippen molar-refractivity contribution >= 4 is 17.9 Å². The van der Waals surface area contributed by atoms with Crippen molar-refractivity contribution in [1.29, 1.82) is 0 Å². The summed E-state index contributed by atoms with van der Waals surface area (Å²) in [5, 5.41) is 19.1. The van der Waals surface area contributed by atoms with Gasteiger partial charge in [0.25, 0.3) is 0 Å². The maximum atomic E-state index is 11.7. The molecule has 0 heterocycles. The first-order valence-corrected chi connectivity index (χ1v) is 6.13. The molecule has 0 saturated carbocycles. The molecule has 0 unspecified atom stereocenters. The molecule has 0 atom stereocenters. The van der Waals surface area contributed by atoms with Crippen LogP contribution < -0.4 is 29.6 Å². The molecule has 0 amide bonds. The number of hydrogen-bond acceptors (Lipinski definition) is 3. The van der Waals surface area contributed by atoms with E-state index in [2.05, 4.69) is 0 Å². The Balaban J connectivity index is 0.00000220. The minimum absolute atomic E-state index is 0. The molecule has 0 fully saturated rings. The Kier molecular flexibility index (Phi) is 6.96. The average Bonchev–Trinajstić information content (AvgIpc) is 2.45. The van der Waals surface area contributed by atoms with Crippen LogP contribution in [0, 0.1) is 0 Å². The van der Waals surface area contributed by atoms with Crippen LogP contribution in [0.1, 0.15) is 11.1 Å². The average molecular weight is 289 g/mol. The Morgan fingerprint density at radius 3 is 1.52 bits per heavy atom. The number of allylic oxidation sites excluding steroid dienone is 2. The summed E-state index contributed by atoms with van der Waals surface area (Å²) in [5.41, 5.74) is 1.16. The largest absolute Gasteiger partial charge is 1.00 e. The van der Waals surface area contributed by atoms with Gasteiger partial charge in [-0.25, -0.2) is 0 Å². The van der Waals surface area contributed by atoms with Gasteiger partial charge in [0.15, 0.2) is 5.78 Å². The molecule has 2 aromatic rings. The summed E-state index contributed by atoms with van der Waals surface area (Å²) in [7, 11) is 0. The number of aromatic hydroxyl groups is 2. The molecule has 2 N–H and O–H groups in total. The van der Waals surface area contributed by atoms with Crippen molar-refractivity contribution in [2.75, 3.05) is 0 Å². The zero-order valence-corrected chi connectivity index (χ0v) is 13.7. The molecular formula is C17H14NaO3+. The van der Waals surface area contributed by atoms with Gasteiger partial charge in [-0.1, -0.05) is 36.4 Å². The van der Waals surface area contributed by atoms with Gasteiger partial charge in [0.2, 0.25) is 0 Å². The van der Waals surface area contributed by atoms with Gasteiger partial charge in [-0.15, -0.1) is 0 Å². The molecule has 0 radical (unpaired) electrons. The van der Waals surface area contributed by atoms with E-state index in [-0.39, 0.29) is 46.8 Å². The zero-order valence-electron chi connectivity index (χ0n) is 11.7. The zero-order chi connectivity index (χ0) is 14.4. The van der Waals surface area contributed by atoms with Crippen molar-refractivity contribution < 1.29 is 44.6 Å². The van der Waals surface area contributed by atoms with E-state index in [1.165, 1.54) is 12.2 Å². The molecule has 0 bridgehead atoms. The third-order valence-corrected chi connectivity index (χ3v) is 2.73. The van der Waals surface area contributed by atoms with E-state index in [1.807, 2.05) is 0 Å². The number of phenols is 2. The second kappa shape index (κ2) is 8.47. The molecule has 0 aliphatic carbocycles. The fourth-order valence-electron chi connectivity index (χ4n) is 1.66. The fraction of sp³-hybridized carbons (Fsp3) is 0. The van der Waals surface area contributed by atoms with E-state index in [4.69, 9.17) is 0 Å². The first kappa shape index (κ1) is 17.2. The summed E-state index contributed by atoms with van der Waals surface area (Å²) in [6, 6.07) is 13.5. The molecular weight excluding hydrogens is 275 g/mol. The quantitative estimate of drug-likeness (QED) is 0.633. The normalized spacial score (nSPS) is 10.7. The van der Waals surface area contributed by atoms with Crippen LogP contribution in [0.2, 0.25) is 0 Å². The van der Waals surface area contributed by atoms with E-state index in [0.29, 0.717) is 11.1 Å². The number of phenolic OH excluding ortho intramolecular Hbond substituents is 2. The Hall–Kier alpha value is -1.81. The van der Waals surface area contributed by atoms with Gasteiger partial charge in [-0.05, 0) is 36.4 Å². The van der Waals surface area contributed by atoms with Gasteiger partial charge >= 0.3 is 29.6 Å². The van der Waals surface area contributed by atoms with Gasteiger partial charge in [-0.2, -0.15) is 0 Å². The third kappa shape index (κ3) is 5.23. The van der Waals surface area contributed by atoms with E-state index in [1.54, 1.807) is 60.7 Å². The number of benzene rings is 2. The van der Waals surface area contributed by atoms with Crippen LogP contribution in [-0.4, -0.2) is 16.0 Å². The molecule has 2 aromatic carbocycles. The molecule has 0 spiro atoms. The SMILES string of the molecule is O=C(/C=C/c1ccccc1O)/C=C/c1ccccc1O.[Na+]. The molecule has 0 aliphatic heterocycles. The van der Waals surface area contributed by atoms with Crippen LogP contribution in [-0.2, 0) is 4.79 Å². The first-order chi connectivity index (χ1) is 9.66. The predicted molar refractivity (Wildman–Crippen MR) is 79.3 cm³/mol. The minimum Gasteiger partial charge on any atom is -0.507 e. The van der Waals surface area contributed by atoms with Crippen LogP contribution in [0.5, 0.6) is 11.5 Å². The second-order valence-corrected chi connectivity index (χ2v) is 4.19. The topological polar surface area (TPSA) is 57.5 Å². The number of carbonyl (C=O) groups is 1. The fourth-order valence-corrected chi connectivity index (χ4v) is 1.66. The number of rotatable bonds is 4. The van der Waals surface area contributed by atoms with Crippen molar-refractivity contribution in [3.63, 3.8) is 0 Å².